The molecule has 0 fully saturated rings. The third-order valence-electron chi connectivity index (χ3n) is 1.64. The molecule has 76 valence electrons. The number of hydrogen-bond donors (Lipinski definition) is 1. The van der Waals surface area contributed by atoms with E-state index in [0.29, 0.717) is 0 Å². The zero-order chi connectivity index (χ0) is 10.6. The van der Waals surface area contributed by atoms with Gasteiger partial charge >= 0.3 is 0 Å². The molecule has 0 bridgehead atoms. The molecule has 1 aromatic carbocycles. The van der Waals surface area contributed by atoms with Crippen LogP contribution < -0.4 is 4.74 Å². The van der Waals surface area contributed by atoms with Gasteiger partial charge in [-0.3, -0.25) is 0 Å². The number of methoxy groups -OCH3 is 1. The number of nitrogens with one attached hydrogen (secondary N) is 1. The van der Waals surface area contributed by atoms with Crippen molar-refractivity contribution in [2.45, 2.75) is 4.90 Å². The molecule has 0 aromatic heterocycles. The van der Waals surface area contributed by atoms with Gasteiger partial charge in [-0.05, 0) is 12.1 Å². The van der Waals surface area contributed by atoms with Crippen molar-refractivity contribution in [3.05, 3.63) is 24.3 Å². The molecule has 0 amide bonds. The zero-order valence-corrected chi connectivity index (χ0v) is 8.41. The van der Waals surface area contributed by atoms with Crippen molar-refractivity contribution in [1.29, 1.82) is 5.53 Å². The van der Waals surface area contributed by atoms with Crippen LogP contribution in [0.1, 0.15) is 0 Å². The monoisotopic (exact) mass is 214 g/mol. The van der Waals surface area contributed by atoms with Crippen LogP contribution in [-0.4, -0.2) is 21.4 Å². The van der Waals surface area contributed by atoms with Gasteiger partial charge in [0.05, 0.1) is 7.11 Å². The summed E-state index contributed by atoms with van der Waals surface area (Å²) in [7, 11) is -2.14. The lowest BCUT2D eigenvalue weighted by Gasteiger charge is -2.06. The lowest BCUT2D eigenvalue weighted by atomic mass is 10.3. The molecule has 0 saturated carbocycles. The molecule has 0 heterocycles. The fraction of sp³-hybridized carbons (Fsp3) is 0.250. The Morgan fingerprint density at radius 2 is 2.07 bits per heavy atom. The predicted molar refractivity (Wildman–Crippen MR) is 50.2 cm³/mol. The molecular weight excluding hydrogens is 204 g/mol. The summed E-state index contributed by atoms with van der Waals surface area (Å²) in [5.41, 5.74) is 6.54. The maximum absolute atomic E-state index is 11.5. The highest BCUT2D eigenvalue weighted by Crippen LogP contribution is 2.23. The van der Waals surface area contributed by atoms with Crippen LogP contribution in [0.3, 0.4) is 0 Å². The summed E-state index contributed by atoms with van der Waals surface area (Å²) in [5, 5.41) is 2.87. The number of rotatable bonds is 4. The Hall–Kier alpha value is -1.43. The third kappa shape index (κ3) is 2.08. The van der Waals surface area contributed by atoms with E-state index in [0.717, 1.165) is 0 Å². The second-order valence-electron chi connectivity index (χ2n) is 2.55. The molecule has 5 nitrogen and oxygen atoms in total. The zero-order valence-electron chi connectivity index (χ0n) is 7.60. The molecule has 0 spiro atoms. The fourth-order valence-corrected chi connectivity index (χ4v) is 2.08. The highest BCUT2D eigenvalue weighted by Gasteiger charge is 2.18. The minimum Gasteiger partial charge on any atom is -0.495 e. The van der Waals surface area contributed by atoms with Crippen LogP contribution in [0.4, 0.5) is 0 Å². The molecule has 0 aliphatic rings. The van der Waals surface area contributed by atoms with Gasteiger partial charge in [0, 0.05) is 0 Å². The van der Waals surface area contributed by atoms with Gasteiger partial charge in [-0.2, -0.15) is 5.11 Å². The van der Waals surface area contributed by atoms with Gasteiger partial charge in [-0.1, -0.05) is 12.1 Å². The van der Waals surface area contributed by atoms with Gasteiger partial charge in [-0.25, -0.2) is 13.9 Å². The Morgan fingerprint density at radius 1 is 1.43 bits per heavy atom. The van der Waals surface area contributed by atoms with E-state index in [9.17, 15) is 8.42 Å². The van der Waals surface area contributed by atoms with E-state index in [4.69, 9.17) is 10.3 Å². The van der Waals surface area contributed by atoms with Gasteiger partial charge < -0.3 is 4.74 Å². The second-order valence-corrected chi connectivity index (χ2v) is 4.48. The second kappa shape index (κ2) is 4.19. The van der Waals surface area contributed by atoms with Gasteiger partial charge in [0.15, 0.2) is 5.88 Å². The topological polar surface area (TPSA) is 79.6 Å². The normalized spacial score (nSPS) is 10.9. The minimum atomic E-state index is -3.53. The van der Waals surface area contributed by atoms with Crippen LogP contribution in [0.5, 0.6) is 5.75 Å². The predicted octanol–water partition coefficient (Wildman–Crippen LogP) is 1.46. The summed E-state index contributed by atoms with van der Waals surface area (Å²) in [4.78, 5) is 0.0681. The average molecular weight is 214 g/mol. The van der Waals surface area contributed by atoms with Gasteiger partial charge in [0.1, 0.15) is 10.6 Å². The molecule has 0 aliphatic carbocycles. The molecule has 1 N–H and O–H groups in total. The smallest absolute Gasteiger partial charge is 0.203 e. The van der Waals surface area contributed by atoms with Gasteiger partial charge in [0.2, 0.25) is 9.84 Å². The molecule has 1 rings (SSSR count). The Labute approximate surface area is 82.1 Å². The first kappa shape index (κ1) is 10.6. The van der Waals surface area contributed by atoms with Crippen LogP contribution in [0.25, 0.3) is 0 Å². The molecule has 0 saturated heterocycles. The van der Waals surface area contributed by atoms with Crippen molar-refractivity contribution in [2.75, 3.05) is 13.0 Å². The number of nitrogens with zero attached hydrogens (tertiary/aromatic N) is 1. The molecule has 0 atom stereocenters. The Balaban J connectivity index is 3.24. The first-order chi connectivity index (χ1) is 6.61. The third-order valence-corrected chi connectivity index (χ3v) is 3.12. The lowest BCUT2D eigenvalue weighted by Crippen LogP contribution is -2.06. The number of benzene rings is 1. The summed E-state index contributed by atoms with van der Waals surface area (Å²) >= 11 is 0. The molecule has 6 heteroatoms. The quantitative estimate of drug-likeness (QED) is 0.770. The highest BCUT2D eigenvalue weighted by molar-refractivity contribution is 7.91. The van der Waals surface area contributed by atoms with E-state index in [1.165, 1.54) is 13.2 Å². The number of ether oxygens (including phenoxy) is 1. The van der Waals surface area contributed by atoms with Crippen molar-refractivity contribution >= 4 is 9.84 Å². The minimum absolute atomic E-state index is 0.0681. The van der Waals surface area contributed by atoms with Crippen LogP contribution in [0.2, 0.25) is 0 Å². The van der Waals surface area contributed by atoms with Crippen LogP contribution >= 0.6 is 0 Å². The standard InChI is InChI=1S/C8H10N2O3S/c1-13-7-4-2-3-5-8(7)14(11,12)6-10-9/h2-5,9H,6H2,1H3. The number of sulfone groups is 1. The molecule has 1 aromatic rings. The maximum atomic E-state index is 11.5. The summed E-state index contributed by atoms with van der Waals surface area (Å²) in [6.07, 6.45) is 0. The van der Waals surface area contributed by atoms with E-state index < -0.39 is 15.7 Å². The SMILES string of the molecule is COc1ccccc1S(=O)(=O)CN=N. The Morgan fingerprint density at radius 3 is 2.64 bits per heavy atom. The Kier molecular flexibility index (Phi) is 3.19. The van der Waals surface area contributed by atoms with Gasteiger partial charge in [-0.15, -0.1) is 0 Å². The molecule has 0 radical (unpaired) electrons. The molecule has 14 heavy (non-hydrogen) atoms. The molecule has 0 aliphatic heterocycles. The van der Waals surface area contributed by atoms with E-state index in [-0.39, 0.29) is 10.6 Å². The van der Waals surface area contributed by atoms with Crippen molar-refractivity contribution < 1.29 is 13.2 Å². The summed E-state index contributed by atoms with van der Waals surface area (Å²) < 4.78 is 27.9. The number of hydrogen-bond acceptors (Lipinski definition) is 5. The highest BCUT2D eigenvalue weighted by atomic mass is 32.2. The molecule has 0 unspecified atom stereocenters. The van der Waals surface area contributed by atoms with E-state index in [1.807, 2.05) is 0 Å². The Bertz CT molecular complexity index is 428. The number of para-hydroxylation sites is 1. The van der Waals surface area contributed by atoms with E-state index >= 15 is 0 Å². The fourth-order valence-electron chi connectivity index (χ4n) is 1.03. The van der Waals surface area contributed by atoms with Gasteiger partial charge in [0.25, 0.3) is 0 Å². The van der Waals surface area contributed by atoms with Crippen molar-refractivity contribution in [1.82, 2.24) is 0 Å². The van der Waals surface area contributed by atoms with E-state index in [1.54, 1.807) is 18.2 Å². The van der Waals surface area contributed by atoms with Crippen molar-refractivity contribution in [3.63, 3.8) is 0 Å². The van der Waals surface area contributed by atoms with Crippen molar-refractivity contribution in [3.8, 4) is 5.75 Å². The lowest BCUT2D eigenvalue weighted by molar-refractivity contribution is 0.402. The average Bonchev–Trinajstić information content (AvgIpc) is 2.18. The first-order valence-corrected chi connectivity index (χ1v) is 5.46. The summed E-state index contributed by atoms with van der Waals surface area (Å²) in [6, 6.07) is 6.26. The van der Waals surface area contributed by atoms with E-state index in [2.05, 4.69) is 5.11 Å². The van der Waals surface area contributed by atoms with Crippen molar-refractivity contribution in [2.24, 2.45) is 5.11 Å². The summed E-state index contributed by atoms with van der Waals surface area (Å²) in [5.74, 6) is -0.274. The summed E-state index contributed by atoms with van der Waals surface area (Å²) in [6.45, 7) is 0. The first-order valence-electron chi connectivity index (χ1n) is 3.81. The molecular formula is C8H10N2O3S. The maximum Gasteiger partial charge on any atom is 0.203 e. The van der Waals surface area contributed by atoms with Crippen LogP contribution in [0, 0.1) is 5.53 Å². The largest absolute Gasteiger partial charge is 0.495 e. The van der Waals surface area contributed by atoms with Crippen LogP contribution in [0.15, 0.2) is 34.3 Å². The van der Waals surface area contributed by atoms with Crippen LogP contribution in [-0.2, 0) is 9.84 Å².